The van der Waals surface area contributed by atoms with Gasteiger partial charge in [0, 0.05) is 0 Å². The van der Waals surface area contributed by atoms with Crippen molar-refractivity contribution in [2.75, 3.05) is 0 Å². The highest BCUT2D eigenvalue weighted by Gasteiger charge is 2.10. The van der Waals surface area contributed by atoms with Crippen LogP contribution in [0.25, 0.3) is 11.1 Å². The third-order valence-corrected chi connectivity index (χ3v) is 3.99. The normalized spacial score (nSPS) is 13.3. The lowest BCUT2D eigenvalue weighted by Crippen LogP contribution is -1.83. The summed E-state index contributed by atoms with van der Waals surface area (Å²) in [5, 5.41) is 0. The Balaban J connectivity index is 1.66. The Morgan fingerprint density at radius 1 is 1.10 bits per heavy atom. The first-order valence-electron chi connectivity index (χ1n) is 7.44. The Morgan fingerprint density at radius 3 is 2.67 bits per heavy atom. The van der Waals surface area contributed by atoms with Crippen LogP contribution in [-0.2, 0) is 6.42 Å². The molecule has 0 unspecified atom stereocenters. The monoisotopic (exact) mass is 272 g/mol. The quantitative estimate of drug-likeness (QED) is 0.680. The summed E-state index contributed by atoms with van der Waals surface area (Å²) in [5.74, 6) is 0. The number of allylic oxidation sites excluding steroid dienone is 5. The van der Waals surface area contributed by atoms with E-state index >= 15 is 0 Å². The predicted octanol–water partition coefficient (Wildman–Crippen LogP) is 5.59. The first-order chi connectivity index (χ1) is 10.2. The topological polar surface area (TPSA) is 0 Å². The van der Waals surface area contributed by atoms with Gasteiger partial charge in [-0.2, -0.15) is 0 Å². The molecule has 0 nitrogen and oxygen atoms in total. The molecule has 1 aliphatic rings. The highest BCUT2D eigenvalue weighted by Crippen LogP contribution is 2.28. The van der Waals surface area contributed by atoms with Gasteiger partial charge in [-0.05, 0) is 47.6 Å². The lowest BCUT2D eigenvalue weighted by atomic mass is 10.0. The molecule has 0 atom stereocenters. The summed E-state index contributed by atoms with van der Waals surface area (Å²) >= 11 is 0. The molecule has 0 fully saturated rings. The van der Waals surface area contributed by atoms with Crippen molar-refractivity contribution in [1.29, 1.82) is 0 Å². The third-order valence-electron chi connectivity index (χ3n) is 3.99. The summed E-state index contributed by atoms with van der Waals surface area (Å²) in [5.41, 5.74) is 7.81. The fraction of sp³-hybridized carbons (Fsp3) is 0.143. The Kier molecular flexibility index (Phi) is 3.87. The van der Waals surface area contributed by atoms with Gasteiger partial charge in [0.25, 0.3) is 0 Å². The Labute approximate surface area is 127 Å². The van der Waals surface area contributed by atoms with Crippen molar-refractivity contribution in [1.82, 2.24) is 0 Å². The molecule has 3 rings (SSSR count). The molecule has 0 bridgehead atoms. The van der Waals surface area contributed by atoms with Crippen molar-refractivity contribution in [2.24, 2.45) is 0 Å². The molecule has 0 radical (unpaired) electrons. The van der Waals surface area contributed by atoms with E-state index in [1.807, 2.05) is 0 Å². The first kappa shape index (κ1) is 13.6. The van der Waals surface area contributed by atoms with Gasteiger partial charge >= 0.3 is 0 Å². The summed E-state index contributed by atoms with van der Waals surface area (Å²) in [4.78, 5) is 0. The molecular weight excluding hydrogens is 252 g/mol. The Hall–Kier alpha value is -2.34. The van der Waals surface area contributed by atoms with Crippen LogP contribution in [0.4, 0.5) is 0 Å². The fourth-order valence-corrected chi connectivity index (χ4v) is 2.70. The van der Waals surface area contributed by atoms with E-state index in [1.165, 1.54) is 27.8 Å². The van der Waals surface area contributed by atoms with Gasteiger partial charge in [-0.25, -0.2) is 0 Å². The van der Waals surface area contributed by atoms with Gasteiger partial charge in [-0.15, -0.1) is 0 Å². The van der Waals surface area contributed by atoms with E-state index in [1.54, 1.807) is 0 Å². The zero-order chi connectivity index (χ0) is 14.7. The number of hydrogen-bond acceptors (Lipinski definition) is 0. The maximum absolute atomic E-state index is 4.19. The van der Waals surface area contributed by atoms with E-state index in [0.717, 1.165) is 18.4 Å². The zero-order valence-corrected chi connectivity index (χ0v) is 12.5. The molecule has 0 heteroatoms. The van der Waals surface area contributed by atoms with Crippen LogP contribution in [0.3, 0.4) is 0 Å². The summed E-state index contributed by atoms with van der Waals surface area (Å²) in [6.07, 6.45) is 8.69. The molecule has 0 spiro atoms. The van der Waals surface area contributed by atoms with Crippen LogP contribution in [0, 0.1) is 6.92 Å². The first-order valence-corrected chi connectivity index (χ1v) is 7.44. The molecule has 104 valence electrons. The minimum Gasteiger partial charge on any atom is -0.0949 e. The van der Waals surface area contributed by atoms with E-state index in [2.05, 4.69) is 80.3 Å². The van der Waals surface area contributed by atoms with Gasteiger partial charge < -0.3 is 0 Å². The molecule has 21 heavy (non-hydrogen) atoms. The van der Waals surface area contributed by atoms with Crippen molar-refractivity contribution in [3.63, 3.8) is 0 Å². The summed E-state index contributed by atoms with van der Waals surface area (Å²) in [6.45, 7) is 6.30. The van der Waals surface area contributed by atoms with E-state index < -0.39 is 0 Å². The third kappa shape index (κ3) is 3.05. The lowest BCUT2D eigenvalue weighted by molar-refractivity contribution is 1.31. The smallest absolute Gasteiger partial charge is 0.00821 e. The SMILES string of the molecule is C=C(CC=CC1=CCc2ccccc21)c1ccc(C)cc1. The van der Waals surface area contributed by atoms with Crippen LogP contribution in [0.2, 0.25) is 0 Å². The maximum atomic E-state index is 4.19. The summed E-state index contributed by atoms with van der Waals surface area (Å²) in [6, 6.07) is 17.2. The average Bonchev–Trinajstić information content (AvgIpc) is 2.91. The lowest BCUT2D eigenvalue weighted by Gasteiger charge is -2.04. The van der Waals surface area contributed by atoms with Crippen LogP contribution >= 0.6 is 0 Å². The molecular formula is C21H20. The second-order valence-electron chi connectivity index (χ2n) is 5.60. The van der Waals surface area contributed by atoms with Crippen molar-refractivity contribution in [2.45, 2.75) is 19.8 Å². The van der Waals surface area contributed by atoms with Crippen molar-refractivity contribution >= 4 is 11.1 Å². The molecule has 0 heterocycles. The molecule has 0 aliphatic heterocycles. The van der Waals surface area contributed by atoms with Crippen LogP contribution in [0.1, 0.15) is 28.7 Å². The van der Waals surface area contributed by atoms with Gasteiger partial charge in [0.05, 0.1) is 0 Å². The average molecular weight is 272 g/mol. The van der Waals surface area contributed by atoms with Crippen molar-refractivity contribution in [3.8, 4) is 0 Å². The standard InChI is InChI=1S/C21H20/c1-16-10-12-18(13-11-16)17(2)6-5-8-20-15-14-19-7-3-4-9-21(19)20/h3-5,7-13,15H,2,6,14H2,1H3. The molecule has 2 aromatic carbocycles. The highest BCUT2D eigenvalue weighted by atomic mass is 14.1. The Morgan fingerprint density at radius 2 is 1.86 bits per heavy atom. The van der Waals surface area contributed by atoms with E-state index in [-0.39, 0.29) is 0 Å². The Bertz CT molecular complexity index is 712. The van der Waals surface area contributed by atoms with Crippen molar-refractivity contribution in [3.05, 3.63) is 95.6 Å². The molecule has 1 aliphatic carbocycles. The van der Waals surface area contributed by atoms with Crippen LogP contribution in [0.5, 0.6) is 0 Å². The van der Waals surface area contributed by atoms with E-state index in [0.29, 0.717) is 0 Å². The van der Waals surface area contributed by atoms with Gasteiger partial charge in [0.1, 0.15) is 0 Å². The minimum absolute atomic E-state index is 0.891. The van der Waals surface area contributed by atoms with Crippen LogP contribution < -0.4 is 0 Å². The van der Waals surface area contributed by atoms with Gasteiger partial charge in [0.15, 0.2) is 0 Å². The predicted molar refractivity (Wildman–Crippen MR) is 92.1 cm³/mol. The largest absolute Gasteiger partial charge is 0.0949 e. The molecule has 0 saturated carbocycles. The molecule has 0 aromatic heterocycles. The van der Waals surface area contributed by atoms with E-state index in [4.69, 9.17) is 0 Å². The van der Waals surface area contributed by atoms with Crippen molar-refractivity contribution < 1.29 is 0 Å². The number of hydrogen-bond donors (Lipinski definition) is 0. The van der Waals surface area contributed by atoms with Gasteiger partial charge in [0.2, 0.25) is 0 Å². The molecule has 2 aromatic rings. The summed E-state index contributed by atoms with van der Waals surface area (Å²) < 4.78 is 0. The second kappa shape index (κ2) is 5.97. The number of fused-ring (bicyclic) bond motifs is 1. The highest BCUT2D eigenvalue weighted by molar-refractivity contribution is 5.80. The molecule has 0 saturated heterocycles. The molecule has 0 N–H and O–H groups in total. The van der Waals surface area contributed by atoms with E-state index in [9.17, 15) is 0 Å². The molecule has 0 amide bonds. The minimum atomic E-state index is 0.891. The maximum Gasteiger partial charge on any atom is -0.00821 e. The van der Waals surface area contributed by atoms with Crippen LogP contribution in [0.15, 0.2) is 73.3 Å². The fourth-order valence-electron chi connectivity index (χ4n) is 2.70. The van der Waals surface area contributed by atoms with Gasteiger partial charge in [-0.3, -0.25) is 0 Å². The number of aryl methyl sites for hydroxylation is 1. The van der Waals surface area contributed by atoms with Crippen LogP contribution in [-0.4, -0.2) is 0 Å². The number of rotatable bonds is 4. The van der Waals surface area contributed by atoms with Gasteiger partial charge in [-0.1, -0.05) is 78.9 Å². The second-order valence-corrected chi connectivity index (χ2v) is 5.60. The summed E-state index contributed by atoms with van der Waals surface area (Å²) in [7, 11) is 0. The zero-order valence-electron chi connectivity index (χ0n) is 12.5. The number of benzene rings is 2.